The maximum Gasteiger partial charge on any atom is 0.509 e. The summed E-state index contributed by atoms with van der Waals surface area (Å²) in [6.45, 7) is 15.1. The van der Waals surface area contributed by atoms with Crippen LogP contribution in [0.5, 0.6) is 0 Å². The number of ether oxygens (including phenoxy) is 2. The van der Waals surface area contributed by atoms with Gasteiger partial charge in [-0.25, -0.2) is 4.79 Å². The highest BCUT2D eigenvalue weighted by Crippen LogP contribution is 2.22. The zero-order valence-corrected chi connectivity index (χ0v) is 12.5. The average Bonchev–Trinajstić information content (AvgIpc) is 2.13. The van der Waals surface area contributed by atoms with Gasteiger partial charge in [-0.1, -0.05) is 18.2 Å². The van der Waals surface area contributed by atoms with Gasteiger partial charge in [-0.15, -0.1) is 0 Å². The Hall–Kier alpha value is -1.25. The Labute approximate surface area is 111 Å². The molecule has 18 heavy (non-hydrogen) atoms. The Morgan fingerprint density at radius 1 is 1.17 bits per heavy atom. The van der Waals surface area contributed by atoms with Gasteiger partial charge in [0.1, 0.15) is 11.2 Å². The fourth-order valence-electron chi connectivity index (χ4n) is 1.30. The zero-order chi connectivity index (χ0) is 14.4. The molecule has 0 aliphatic heterocycles. The first-order valence-corrected chi connectivity index (χ1v) is 6.27. The van der Waals surface area contributed by atoms with Gasteiger partial charge in [-0.2, -0.15) is 0 Å². The van der Waals surface area contributed by atoms with Crippen LogP contribution in [0.1, 0.15) is 54.4 Å². The molecule has 0 amide bonds. The largest absolute Gasteiger partial charge is 0.509 e. The van der Waals surface area contributed by atoms with Crippen LogP contribution in [0.2, 0.25) is 0 Å². The average molecular weight is 254 g/mol. The van der Waals surface area contributed by atoms with Crippen LogP contribution in [0.15, 0.2) is 24.3 Å². The van der Waals surface area contributed by atoms with Crippen molar-refractivity contribution in [2.45, 2.75) is 65.6 Å². The molecule has 0 heterocycles. The lowest BCUT2D eigenvalue weighted by Crippen LogP contribution is -2.33. The topological polar surface area (TPSA) is 35.5 Å². The molecule has 0 bridgehead atoms. The van der Waals surface area contributed by atoms with E-state index in [0.717, 1.165) is 6.42 Å². The van der Waals surface area contributed by atoms with Crippen molar-refractivity contribution >= 4 is 6.16 Å². The minimum Gasteiger partial charge on any atom is -0.429 e. The van der Waals surface area contributed by atoms with Crippen molar-refractivity contribution in [2.24, 2.45) is 0 Å². The van der Waals surface area contributed by atoms with E-state index in [1.165, 1.54) is 5.57 Å². The van der Waals surface area contributed by atoms with Gasteiger partial charge >= 0.3 is 6.16 Å². The van der Waals surface area contributed by atoms with Gasteiger partial charge in [0.15, 0.2) is 0 Å². The van der Waals surface area contributed by atoms with Crippen LogP contribution < -0.4 is 0 Å². The molecule has 0 aromatic carbocycles. The SMILES string of the molecule is C=C[C@@](C)(CCC=C(C)C)OC(=O)OC(C)(C)C. The number of carbonyl (C=O) groups excluding carboxylic acids is 1. The van der Waals surface area contributed by atoms with Gasteiger partial charge in [-0.05, 0) is 60.5 Å². The van der Waals surface area contributed by atoms with Crippen LogP contribution in [0, 0.1) is 0 Å². The summed E-state index contributed by atoms with van der Waals surface area (Å²) < 4.78 is 10.5. The molecular formula is C15H26O3. The van der Waals surface area contributed by atoms with Crippen LogP contribution in [0.3, 0.4) is 0 Å². The number of hydrogen-bond donors (Lipinski definition) is 0. The third-order valence-corrected chi connectivity index (χ3v) is 2.33. The summed E-state index contributed by atoms with van der Waals surface area (Å²) in [5.41, 5.74) is 0.0200. The van der Waals surface area contributed by atoms with E-state index >= 15 is 0 Å². The number of hydrogen-bond acceptors (Lipinski definition) is 3. The van der Waals surface area contributed by atoms with E-state index < -0.39 is 17.4 Å². The van der Waals surface area contributed by atoms with Crippen molar-refractivity contribution in [3.05, 3.63) is 24.3 Å². The molecule has 0 rings (SSSR count). The van der Waals surface area contributed by atoms with E-state index in [0.29, 0.717) is 6.42 Å². The third-order valence-electron chi connectivity index (χ3n) is 2.33. The maximum absolute atomic E-state index is 11.6. The number of carbonyl (C=O) groups is 1. The quantitative estimate of drug-likeness (QED) is 0.530. The molecule has 0 aliphatic carbocycles. The molecule has 3 heteroatoms. The second-order valence-corrected chi connectivity index (χ2v) is 5.90. The second-order valence-electron chi connectivity index (χ2n) is 5.90. The summed E-state index contributed by atoms with van der Waals surface area (Å²) >= 11 is 0. The Kier molecular flexibility index (Phi) is 6.16. The van der Waals surface area contributed by atoms with Gasteiger partial charge in [0.05, 0.1) is 0 Å². The lowest BCUT2D eigenvalue weighted by molar-refractivity contribution is -0.0453. The Balaban J connectivity index is 4.43. The predicted octanol–water partition coefficient (Wildman–Crippen LogP) is 4.63. The highest BCUT2D eigenvalue weighted by atomic mass is 16.7. The van der Waals surface area contributed by atoms with E-state index in [-0.39, 0.29) is 0 Å². The lowest BCUT2D eigenvalue weighted by atomic mass is 9.99. The fourth-order valence-corrected chi connectivity index (χ4v) is 1.30. The summed E-state index contributed by atoms with van der Waals surface area (Å²) in [4.78, 5) is 11.6. The number of allylic oxidation sites excluding steroid dienone is 2. The Bertz CT molecular complexity index is 319. The van der Waals surface area contributed by atoms with Gasteiger partial charge in [-0.3, -0.25) is 0 Å². The third kappa shape index (κ3) is 7.93. The monoisotopic (exact) mass is 254 g/mol. The zero-order valence-electron chi connectivity index (χ0n) is 12.5. The van der Waals surface area contributed by atoms with Gasteiger partial charge in [0.25, 0.3) is 0 Å². The van der Waals surface area contributed by atoms with Crippen LogP contribution in [-0.2, 0) is 9.47 Å². The summed E-state index contributed by atoms with van der Waals surface area (Å²) in [6.07, 6.45) is 4.65. The summed E-state index contributed by atoms with van der Waals surface area (Å²) in [5.74, 6) is 0. The molecule has 0 aromatic heterocycles. The number of rotatable bonds is 5. The second kappa shape index (κ2) is 6.62. The summed E-state index contributed by atoms with van der Waals surface area (Å²) in [6, 6.07) is 0. The van der Waals surface area contributed by atoms with Crippen molar-refractivity contribution in [1.82, 2.24) is 0 Å². The Morgan fingerprint density at radius 2 is 1.72 bits per heavy atom. The van der Waals surface area contributed by atoms with Gasteiger partial charge in [0.2, 0.25) is 0 Å². The molecule has 0 fully saturated rings. The summed E-state index contributed by atoms with van der Waals surface area (Å²) in [5, 5.41) is 0. The van der Waals surface area contributed by atoms with Crippen molar-refractivity contribution in [3.63, 3.8) is 0 Å². The highest BCUT2D eigenvalue weighted by molar-refractivity contribution is 5.61. The van der Waals surface area contributed by atoms with Gasteiger partial charge < -0.3 is 9.47 Å². The molecule has 3 nitrogen and oxygen atoms in total. The first kappa shape index (κ1) is 16.8. The molecule has 0 unspecified atom stereocenters. The normalized spacial score (nSPS) is 14.3. The fraction of sp³-hybridized carbons (Fsp3) is 0.667. The van der Waals surface area contributed by atoms with E-state index in [1.54, 1.807) is 6.08 Å². The smallest absolute Gasteiger partial charge is 0.429 e. The van der Waals surface area contributed by atoms with Gasteiger partial charge in [0, 0.05) is 0 Å². The van der Waals surface area contributed by atoms with Crippen LogP contribution in [-0.4, -0.2) is 17.4 Å². The standard InChI is InChI=1S/C15H26O3/c1-8-15(7,11-9-10-12(2)3)18-13(16)17-14(4,5)6/h8,10H,1,9,11H2,2-7H3/t15-/m0/s1. The van der Waals surface area contributed by atoms with E-state index in [1.807, 2.05) is 41.5 Å². The maximum atomic E-state index is 11.6. The molecule has 0 aromatic rings. The predicted molar refractivity (Wildman–Crippen MR) is 74.6 cm³/mol. The molecule has 0 N–H and O–H groups in total. The minimum absolute atomic E-state index is 0.543. The molecular weight excluding hydrogens is 228 g/mol. The van der Waals surface area contributed by atoms with Crippen molar-refractivity contribution in [1.29, 1.82) is 0 Å². The molecule has 0 aliphatic rings. The molecule has 104 valence electrons. The summed E-state index contributed by atoms with van der Waals surface area (Å²) in [7, 11) is 0. The molecule has 1 atom stereocenters. The van der Waals surface area contributed by atoms with Crippen molar-refractivity contribution in [3.8, 4) is 0 Å². The van der Waals surface area contributed by atoms with Crippen LogP contribution in [0.4, 0.5) is 4.79 Å². The molecule has 0 saturated carbocycles. The molecule has 0 saturated heterocycles. The van der Waals surface area contributed by atoms with Crippen molar-refractivity contribution in [2.75, 3.05) is 0 Å². The van der Waals surface area contributed by atoms with E-state index in [2.05, 4.69) is 12.7 Å². The van der Waals surface area contributed by atoms with E-state index in [9.17, 15) is 4.79 Å². The Morgan fingerprint density at radius 3 is 2.11 bits per heavy atom. The molecule has 0 radical (unpaired) electrons. The first-order chi connectivity index (χ1) is 8.08. The van der Waals surface area contributed by atoms with Crippen LogP contribution >= 0.6 is 0 Å². The van der Waals surface area contributed by atoms with Crippen LogP contribution in [0.25, 0.3) is 0 Å². The molecule has 0 spiro atoms. The van der Waals surface area contributed by atoms with Crippen molar-refractivity contribution < 1.29 is 14.3 Å². The lowest BCUT2D eigenvalue weighted by Gasteiger charge is -2.27. The van der Waals surface area contributed by atoms with E-state index in [4.69, 9.17) is 9.47 Å². The minimum atomic E-state index is -0.686. The first-order valence-electron chi connectivity index (χ1n) is 6.27. The highest BCUT2D eigenvalue weighted by Gasteiger charge is 2.27.